The Kier molecular flexibility index (Phi) is 4.29. The van der Waals surface area contributed by atoms with Crippen molar-refractivity contribution in [1.82, 2.24) is 14.8 Å². The minimum atomic E-state index is -3.86. The number of rotatable bonds is 4. The number of sulfonamides is 1. The molecule has 3 rings (SSSR count). The van der Waals surface area contributed by atoms with Crippen molar-refractivity contribution in [3.05, 3.63) is 65.2 Å². The van der Waals surface area contributed by atoms with Crippen LogP contribution in [-0.2, 0) is 10.0 Å². The third-order valence-electron chi connectivity index (χ3n) is 3.54. The Morgan fingerprint density at radius 3 is 2.46 bits per heavy atom. The highest BCUT2D eigenvalue weighted by Gasteiger charge is 2.22. The van der Waals surface area contributed by atoms with Gasteiger partial charge in [0.25, 0.3) is 10.0 Å². The summed E-state index contributed by atoms with van der Waals surface area (Å²) in [5.41, 5.74) is 2.53. The zero-order valence-electron chi connectivity index (χ0n) is 13.1. The van der Waals surface area contributed by atoms with Gasteiger partial charge in [-0.1, -0.05) is 29.8 Å². The highest BCUT2D eigenvalue weighted by Crippen LogP contribution is 2.27. The molecule has 24 heavy (non-hydrogen) atoms. The summed E-state index contributed by atoms with van der Waals surface area (Å²) in [6, 6.07) is 12.4. The van der Waals surface area contributed by atoms with Gasteiger partial charge in [-0.2, -0.15) is 5.10 Å². The smallest absolute Gasteiger partial charge is 0.265 e. The van der Waals surface area contributed by atoms with Gasteiger partial charge in [0.15, 0.2) is 0 Å². The van der Waals surface area contributed by atoms with Crippen LogP contribution in [0.25, 0.3) is 5.69 Å². The van der Waals surface area contributed by atoms with E-state index in [9.17, 15) is 8.42 Å². The summed E-state index contributed by atoms with van der Waals surface area (Å²) >= 11 is 5.90. The highest BCUT2D eigenvalue weighted by molar-refractivity contribution is 7.92. The number of hydrogen-bond donors (Lipinski definition) is 1. The van der Waals surface area contributed by atoms with Crippen LogP contribution in [0.4, 0.5) is 5.69 Å². The van der Waals surface area contributed by atoms with E-state index < -0.39 is 10.0 Å². The van der Waals surface area contributed by atoms with Gasteiger partial charge < -0.3 is 0 Å². The molecule has 1 N–H and O–H groups in total. The summed E-state index contributed by atoms with van der Waals surface area (Å²) in [6.07, 6.45) is 1.44. The number of anilines is 1. The van der Waals surface area contributed by atoms with E-state index in [4.69, 9.17) is 11.6 Å². The maximum absolute atomic E-state index is 12.6. The van der Waals surface area contributed by atoms with E-state index in [1.807, 2.05) is 30.3 Å². The molecule has 0 unspecified atom stereocenters. The quantitative estimate of drug-likeness (QED) is 0.722. The van der Waals surface area contributed by atoms with Crippen LogP contribution < -0.4 is 4.72 Å². The molecule has 1 aromatic carbocycles. The maximum Gasteiger partial charge on any atom is 0.265 e. The monoisotopic (exact) mass is 362 g/mol. The van der Waals surface area contributed by atoms with E-state index in [1.54, 1.807) is 18.5 Å². The molecule has 0 aliphatic rings. The van der Waals surface area contributed by atoms with Gasteiger partial charge in [-0.15, -0.1) is 0 Å². The Morgan fingerprint density at radius 1 is 1.08 bits per heavy atom. The second-order valence-corrected chi connectivity index (χ2v) is 7.20. The largest absolute Gasteiger partial charge is 0.276 e. The molecule has 0 radical (unpaired) electrons. The molecule has 0 saturated carbocycles. The summed E-state index contributed by atoms with van der Waals surface area (Å²) in [7, 11) is -3.86. The minimum Gasteiger partial charge on any atom is -0.276 e. The van der Waals surface area contributed by atoms with Gasteiger partial charge >= 0.3 is 0 Å². The van der Waals surface area contributed by atoms with Crippen molar-refractivity contribution in [2.75, 3.05) is 4.72 Å². The molecule has 2 aromatic heterocycles. The normalized spacial score (nSPS) is 11.5. The molecular weight excluding hydrogens is 348 g/mol. The zero-order chi connectivity index (χ0) is 17.3. The number of hydrogen-bond acceptors (Lipinski definition) is 4. The SMILES string of the molecule is Cc1nn(-c2ccccc2)c(C)c1NS(=O)(=O)c1cccnc1Cl. The summed E-state index contributed by atoms with van der Waals surface area (Å²) in [4.78, 5) is 3.74. The Bertz CT molecular complexity index is 985. The van der Waals surface area contributed by atoms with Crippen molar-refractivity contribution in [3.63, 3.8) is 0 Å². The van der Waals surface area contributed by atoms with Crippen LogP contribution in [0.1, 0.15) is 11.4 Å². The number of nitrogens with one attached hydrogen (secondary N) is 1. The van der Waals surface area contributed by atoms with Crippen molar-refractivity contribution >= 4 is 27.3 Å². The lowest BCUT2D eigenvalue weighted by Crippen LogP contribution is -2.15. The number of pyridine rings is 1. The van der Waals surface area contributed by atoms with Crippen LogP contribution in [-0.4, -0.2) is 23.2 Å². The predicted molar refractivity (Wildman–Crippen MR) is 93.1 cm³/mol. The van der Waals surface area contributed by atoms with Gasteiger partial charge in [0.05, 0.1) is 22.8 Å². The molecule has 0 bridgehead atoms. The van der Waals surface area contributed by atoms with Gasteiger partial charge in [0.1, 0.15) is 10.0 Å². The first-order chi connectivity index (χ1) is 11.4. The van der Waals surface area contributed by atoms with E-state index in [-0.39, 0.29) is 10.0 Å². The van der Waals surface area contributed by atoms with Gasteiger partial charge in [0, 0.05) is 6.20 Å². The average molecular weight is 363 g/mol. The fourth-order valence-corrected chi connectivity index (χ4v) is 4.00. The number of aromatic nitrogens is 3. The summed E-state index contributed by atoms with van der Waals surface area (Å²) in [5, 5.41) is 4.35. The molecule has 0 saturated heterocycles. The molecule has 8 heteroatoms. The Balaban J connectivity index is 2.03. The Hall–Kier alpha value is -2.38. The van der Waals surface area contributed by atoms with E-state index in [0.29, 0.717) is 17.1 Å². The van der Waals surface area contributed by atoms with Crippen LogP contribution in [0.2, 0.25) is 5.15 Å². The first-order valence-corrected chi connectivity index (χ1v) is 9.01. The fraction of sp³-hybridized carbons (Fsp3) is 0.125. The molecule has 0 fully saturated rings. The van der Waals surface area contributed by atoms with E-state index in [2.05, 4.69) is 14.8 Å². The van der Waals surface area contributed by atoms with Gasteiger partial charge in [-0.25, -0.2) is 18.1 Å². The number of aryl methyl sites for hydroxylation is 1. The summed E-state index contributed by atoms with van der Waals surface area (Å²) in [6.45, 7) is 3.55. The topological polar surface area (TPSA) is 76.9 Å². The molecule has 6 nitrogen and oxygen atoms in total. The number of halogens is 1. The zero-order valence-corrected chi connectivity index (χ0v) is 14.6. The Morgan fingerprint density at radius 2 is 1.79 bits per heavy atom. The van der Waals surface area contributed by atoms with Crippen molar-refractivity contribution in [1.29, 1.82) is 0 Å². The fourth-order valence-electron chi connectivity index (χ4n) is 2.37. The number of para-hydroxylation sites is 1. The van der Waals surface area contributed by atoms with Crippen molar-refractivity contribution in [2.45, 2.75) is 18.7 Å². The lowest BCUT2D eigenvalue weighted by atomic mass is 10.3. The summed E-state index contributed by atoms with van der Waals surface area (Å²) < 4.78 is 29.5. The molecule has 124 valence electrons. The second kappa shape index (κ2) is 6.26. The van der Waals surface area contributed by atoms with Gasteiger partial charge in [0.2, 0.25) is 0 Å². The third-order valence-corrected chi connectivity index (χ3v) is 5.34. The molecule has 0 atom stereocenters. The number of benzene rings is 1. The maximum atomic E-state index is 12.6. The van der Waals surface area contributed by atoms with Gasteiger partial charge in [-0.3, -0.25) is 4.72 Å². The molecule has 0 aliphatic carbocycles. The number of nitrogens with zero attached hydrogens (tertiary/aromatic N) is 3. The highest BCUT2D eigenvalue weighted by atomic mass is 35.5. The molecule has 2 heterocycles. The summed E-state index contributed by atoms with van der Waals surface area (Å²) in [5.74, 6) is 0. The van der Waals surface area contributed by atoms with Crippen molar-refractivity contribution in [3.8, 4) is 5.69 Å². The van der Waals surface area contributed by atoms with Crippen LogP contribution in [0, 0.1) is 13.8 Å². The van der Waals surface area contributed by atoms with Crippen LogP contribution in [0.15, 0.2) is 53.6 Å². The van der Waals surface area contributed by atoms with Crippen LogP contribution in [0.3, 0.4) is 0 Å². The third kappa shape index (κ3) is 3.00. The van der Waals surface area contributed by atoms with E-state index >= 15 is 0 Å². The van der Waals surface area contributed by atoms with Crippen molar-refractivity contribution < 1.29 is 8.42 Å². The first-order valence-electron chi connectivity index (χ1n) is 7.15. The predicted octanol–water partition coefficient (Wildman–Crippen LogP) is 3.34. The second-order valence-electron chi connectivity index (χ2n) is 5.19. The molecule has 0 amide bonds. The van der Waals surface area contributed by atoms with E-state index in [1.165, 1.54) is 18.3 Å². The van der Waals surface area contributed by atoms with Crippen molar-refractivity contribution in [2.24, 2.45) is 0 Å². The molecule has 3 aromatic rings. The molecular formula is C16H15ClN4O2S. The van der Waals surface area contributed by atoms with Crippen LogP contribution in [0.5, 0.6) is 0 Å². The lowest BCUT2D eigenvalue weighted by Gasteiger charge is -2.09. The minimum absolute atomic E-state index is 0.0714. The molecule has 0 spiro atoms. The van der Waals surface area contributed by atoms with Gasteiger partial charge in [-0.05, 0) is 38.1 Å². The average Bonchev–Trinajstić information content (AvgIpc) is 2.84. The first kappa shape index (κ1) is 16.5. The lowest BCUT2D eigenvalue weighted by molar-refractivity contribution is 0.601. The van der Waals surface area contributed by atoms with Crippen LogP contribution >= 0.6 is 11.6 Å². The standard InChI is InChI=1S/C16H15ClN4O2S/c1-11-15(12(2)21(19-11)13-7-4-3-5-8-13)20-24(22,23)14-9-6-10-18-16(14)17/h3-10,20H,1-2H3. The Labute approximate surface area is 145 Å². The van der Waals surface area contributed by atoms with E-state index in [0.717, 1.165) is 5.69 Å². The molecule has 0 aliphatic heterocycles.